The van der Waals surface area contributed by atoms with Crippen molar-refractivity contribution < 1.29 is 0 Å². The lowest BCUT2D eigenvalue weighted by atomic mass is 10.1. The van der Waals surface area contributed by atoms with E-state index in [4.69, 9.17) is 0 Å². The van der Waals surface area contributed by atoms with Gasteiger partial charge >= 0.3 is 0 Å². The molecule has 0 radical (unpaired) electrons. The second kappa shape index (κ2) is 5.15. The minimum atomic E-state index is 0.669. The van der Waals surface area contributed by atoms with E-state index in [0.29, 0.717) is 4.83 Å². The van der Waals surface area contributed by atoms with E-state index in [1.54, 1.807) is 0 Å². The van der Waals surface area contributed by atoms with Crippen LogP contribution < -0.4 is 4.90 Å². The van der Waals surface area contributed by atoms with Gasteiger partial charge in [0.15, 0.2) is 0 Å². The Bertz CT molecular complexity index is 349. The summed E-state index contributed by atoms with van der Waals surface area (Å²) in [7, 11) is 0. The molecule has 1 saturated heterocycles. The van der Waals surface area contributed by atoms with Crippen molar-refractivity contribution in [2.45, 2.75) is 17.7 Å². The van der Waals surface area contributed by atoms with Crippen molar-refractivity contribution in [3.8, 4) is 0 Å². The third kappa shape index (κ3) is 2.94. The Balaban J connectivity index is 2.15. The number of nitrogens with zero attached hydrogens (tertiary/aromatic N) is 2. The summed E-state index contributed by atoms with van der Waals surface area (Å²) < 4.78 is 2.07. The molecule has 5 heteroatoms. The van der Waals surface area contributed by atoms with Crippen molar-refractivity contribution in [2.24, 2.45) is 0 Å². The van der Waals surface area contributed by atoms with Crippen LogP contribution in [0.4, 0.5) is 5.82 Å². The first kappa shape index (κ1) is 11.9. The van der Waals surface area contributed by atoms with Crippen LogP contribution in [0.1, 0.15) is 12.8 Å². The van der Waals surface area contributed by atoms with E-state index in [-0.39, 0.29) is 0 Å². The van der Waals surface area contributed by atoms with Gasteiger partial charge in [0.2, 0.25) is 0 Å². The number of anilines is 1. The first-order valence-electron chi connectivity index (χ1n) is 4.87. The van der Waals surface area contributed by atoms with Crippen molar-refractivity contribution in [2.75, 3.05) is 18.0 Å². The van der Waals surface area contributed by atoms with Gasteiger partial charge in [0, 0.05) is 28.6 Å². The van der Waals surface area contributed by atoms with Crippen molar-refractivity contribution in [1.82, 2.24) is 4.98 Å². The molecule has 1 aliphatic heterocycles. The highest BCUT2D eigenvalue weighted by molar-refractivity contribution is 9.11. The maximum absolute atomic E-state index is 4.44. The number of hydrogen-bond acceptors (Lipinski definition) is 2. The number of hydrogen-bond donors (Lipinski definition) is 0. The standard InChI is InChI=1S/C10H11Br3N2/c11-7-1-3-15(4-2-7)10-9(13)5-8(12)6-14-10/h5-7H,1-4H2. The molecule has 1 aliphatic rings. The Morgan fingerprint density at radius 2 is 1.93 bits per heavy atom. The molecule has 0 spiro atoms. The summed E-state index contributed by atoms with van der Waals surface area (Å²) in [5, 5.41) is 0. The largest absolute Gasteiger partial charge is 0.356 e. The van der Waals surface area contributed by atoms with Crippen molar-refractivity contribution >= 4 is 53.6 Å². The van der Waals surface area contributed by atoms with Gasteiger partial charge in [-0.3, -0.25) is 0 Å². The van der Waals surface area contributed by atoms with Gasteiger partial charge < -0.3 is 4.90 Å². The molecule has 0 amide bonds. The molecule has 0 saturated carbocycles. The van der Waals surface area contributed by atoms with Gasteiger partial charge in [0.25, 0.3) is 0 Å². The lowest BCUT2D eigenvalue weighted by Gasteiger charge is -2.31. The van der Waals surface area contributed by atoms with E-state index in [0.717, 1.165) is 27.9 Å². The average molecular weight is 399 g/mol. The van der Waals surface area contributed by atoms with Crippen LogP contribution in [0.5, 0.6) is 0 Å². The highest BCUT2D eigenvalue weighted by atomic mass is 79.9. The van der Waals surface area contributed by atoms with Gasteiger partial charge in [-0.25, -0.2) is 4.98 Å². The highest BCUT2D eigenvalue weighted by Crippen LogP contribution is 2.29. The molecule has 2 nitrogen and oxygen atoms in total. The molecule has 1 aromatic heterocycles. The van der Waals surface area contributed by atoms with Crippen LogP contribution in [0.2, 0.25) is 0 Å². The van der Waals surface area contributed by atoms with Crippen LogP contribution in [0.15, 0.2) is 21.2 Å². The predicted octanol–water partition coefficient (Wildman–Crippen LogP) is 3.97. The number of rotatable bonds is 1. The molecule has 0 bridgehead atoms. The van der Waals surface area contributed by atoms with Gasteiger partial charge in [0.05, 0.1) is 4.47 Å². The van der Waals surface area contributed by atoms with E-state index >= 15 is 0 Å². The first-order chi connectivity index (χ1) is 7.16. The number of piperidine rings is 1. The zero-order valence-corrected chi connectivity index (χ0v) is 12.8. The third-order valence-corrected chi connectivity index (χ3v) is 4.45. The van der Waals surface area contributed by atoms with Gasteiger partial charge in [-0.2, -0.15) is 0 Å². The third-order valence-electron chi connectivity index (χ3n) is 2.51. The quantitative estimate of drug-likeness (QED) is 0.665. The Morgan fingerprint density at radius 1 is 1.27 bits per heavy atom. The summed E-state index contributed by atoms with van der Waals surface area (Å²) in [4.78, 5) is 7.44. The van der Waals surface area contributed by atoms with E-state index in [2.05, 4.69) is 57.7 Å². The van der Waals surface area contributed by atoms with Crippen molar-refractivity contribution in [3.05, 3.63) is 21.2 Å². The molecule has 0 atom stereocenters. The second-order valence-corrected chi connectivity index (χ2v) is 6.69. The SMILES string of the molecule is Brc1cnc(N2CCC(Br)CC2)c(Br)c1. The van der Waals surface area contributed by atoms with E-state index in [9.17, 15) is 0 Å². The minimum absolute atomic E-state index is 0.669. The molecule has 0 aliphatic carbocycles. The Morgan fingerprint density at radius 3 is 2.53 bits per heavy atom. The predicted molar refractivity (Wildman–Crippen MR) is 73.8 cm³/mol. The average Bonchev–Trinajstić information content (AvgIpc) is 2.20. The minimum Gasteiger partial charge on any atom is -0.356 e. The summed E-state index contributed by atoms with van der Waals surface area (Å²) in [6.45, 7) is 2.15. The molecular weight excluding hydrogens is 388 g/mol. The van der Waals surface area contributed by atoms with Crippen LogP contribution >= 0.6 is 47.8 Å². The Hall–Kier alpha value is 0.390. The lowest BCUT2D eigenvalue weighted by Crippen LogP contribution is -2.34. The zero-order chi connectivity index (χ0) is 10.8. The molecule has 2 rings (SSSR count). The summed E-state index contributed by atoms with van der Waals surface area (Å²) in [6.07, 6.45) is 4.22. The lowest BCUT2D eigenvalue weighted by molar-refractivity contribution is 0.591. The number of halogens is 3. The number of aromatic nitrogens is 1. The van der Waals surface area contributed by atoms with Crippen LogP contribution in [-0.2, 0) is 0 Å². The molecule has 0 unspecified atom stereocenters. The fraction of sp³-hybridized carbons (Fsp3) is 0.500. The first-order valence-corrected chi connectivity index (χ1v) is 7.37. The molecule has 0 aromatic carbocycles. The molecule has 1 aromatic rings. The van der Waals surface area contributed by atoms with E-state index in [1.165, 1.54) is 12.8 Å². The maximum atomic E-state index is 4.44. The molecule has 82 valence electrons. The normalized spacial score (nSPS) is 18.2. The van der Waals surface area contributed by atoms with Gasteiger partial charge in [-0.05, 0) is 50.8 Å². The monoisotopic (exact) mass is 396 g/mol. The van der Waals surface area contributed by atoms with Gasteiger partial charge in [0.1, 0.15) is 5.82 Å². The summed E-state index contributed by atoms with van der Waals surface area (Å²) in [6, 6.07) is 2.04. The van der Waals surface area contributed by atoms with Crippen LogP contribution in [-0.4, -0.2) is 22.9 Å². The zero-order valence-electron chi connectivity index (χ0n) is 8.09. The Kier molecular flexibility index (Phi) is 4.07. The number of alkyl halides is 1. The fourth-order valence-electron chi connectivity index (χ4n) is 1.70. The van der Waals surface area contributed by atoms with Gasteiger partial charge in [-0.15, -0.1) is 0 Å². The summed E-state index contributed by atoms with van der Waals surface area (Å²) >= 11 is 10.6. The summed E-state index contributed by atoms with van der Waals surface area (Å²) in [5.41, 5.74) is 0. The van der Waals surface area contributed by atoms with Crippen molar-refractivity contribution in [1.29, 1.82) is 0 Å². The molecule has 2 heterocycles. The second-order valence-electron chi connectivity index (χ2n) is 3.62. The Labute approximate surface area is 115 Å². The molecule has 1 fully saturated rings. The highest BCUT2D eigenvalue weighted by Gasteiger charge is 2.19. The number of pyridine rings is 1. The fourth-order valence-corrected chi connectivity index (χ4v) is 3.35. The molecule has 15 heavy (non-hydrogen) atoms. The van der Waals surface area contributed by atoms with E-state index < -0.39 is 0 Å². The maximum Gasteiger partial charge on any atom is 0.142 e. The smallest absolute Gasteiger partial charge is 0.142 e. The van der Waals surface area contributed by atoms with E-state index in [1.807, 2.05) is 12.3 Å². The van der Waals surface area contributed by atoms with Crippen LogP contribution in [0, 0.1) is 0 Å². The van der Waals surface area contributed by atoms with Crippen LogP contribution in [0.25, 0.3) is 0 Å². The molecular formula is C10H11Br3N2. The van der Waals surface area contributed by atoms with Crippen LogP contribution in [0.3, 0.4) is 0 Å². The van der Waals surface area contributed by atoms with Gasteiger partial charge in [-0.1, -0.05) is 15.9 Å². The summed E-state index contributed by atoms with van der Waals surface area (Å²) in [5.74, 6) is 1.05. The molecule has 0 N–H and O–H groups in total. The van der Waals surface area contributed by atoms with Crippen molar-refractivity contribution in [3.63, 3.8) is 0 Å². The topological polar surface area (TPSA) is 16.1 Å².